The Labute approximate surface area is 130 Å². The molecule has 0 saturated heterocycles. The van der Waals surface area contributed by atoms with Gasteiger partial charge in [0.1, 0.15) is 23.1 Å². The number of hydrogen-bond donors (Lipinski definition) is 1. The Bertz CT molecular complexity index is 638. The molecule has 1 fully saturated rings. The van der Waals surface area contributed by atoms with Gasteiger partial charge in [-0.2, -0.15) is 0 Å². The van der Waals surface area contributed by atoms with E-state index in [9.17, 15) is 8.78 Å². The van der Waals surface area contributed by atoms with Crippen molar-refractivity contribution in [2.75, 3.05) is 0 Å². The third kappa shape index (κ3) is 4.02. The maximum atomic E-state index is 13.2. The van der Waals surface area contributed by atoms with Gasteiger partial charge in [0, 0.05) is 40.8 Å². The second kappa shape index (κ2) is 6.12. The molecule has 2 nitrogen and oxygen atoms in total. The van der Waals surface area contributed by atoms with E-state index >= 15 is 0 Å². The number of rotatable bonds is 5. The lowest BCUT2D eigenvalue weighted by Crippen LogP contribution is -2.15. The molecule has 2 aromatic carbocycles. The molecule has 0 amide bonds. The van der Waals surface area contributed by atoms with Crippen LogP contribution in [0.15, 0.2) is 40.9 Å². The summed E-state index contributed by atoms with van der Waals surface area (Å²) in [5.74, 6) is -0.557. The number of hydrogen-bond acceptors (Lipinski definition) is 2. The fraction of sp³-hybridized carbons (Fsp3) is 0.250. The Hall–Kier alpha value is -1.46. The van der Waals surface area contributed by atoms with Gasteiger partial charge in [-0.1, -0.05) is 15.9 Å². The molecule has 0 unspecified atom stereocenters. The van der Waals surface area contributed by atoms with Crippen LogP contribution in [0.5, 0.6) is 11.5 Å². The van der Waals surface area contributed by atoms with E-state index in [2.05, 4.69) is 21.2 Å². The van der Waals surface area contributed by atoms with Crippen LogP contribution in [0.4, 0.5) is 8.78 Å². The minimum absolute atomic E-state index is 0.155. The van der Waals surface area contributed by atoms with Crippen LogP contribution in [0.1, 0.15) is 18.4 Å². The predicted octanol–water partition coefficient (Wildman–Crippen LogP) is 4.77. The minimum Gasteiger partial charge on any atom is -0.457 e. The molecular formula is C16H14BrF2NO. The Morgan fingerprint density at radius 3 is 2.48 bits per heavy atom. The molecule has 5 heteroatoms. The van der Waals surface area contributed by atoms with Crippen LogP contribution in [0, 0.1) is 11.6 Å². The third-order valence-corrected chi connectivity index (χ3v) is 3.74. The summed E-state index contributed by atoms with van der Waals surface area (Å²) in [6.45, 7) is 0.664. The molecule has 0 spiro atoms. The van der Waals surface area contributed by atoms with Gasteiger partial charge >= 0.3 is 0 Å². The highest BCUT2D eigenvalue weighted by Gasteiger charge is 2.20. The summed E-state index contributed by atoms with van der Waals surface area (Å²) in [6.07, 6.45) is 2.39. The van der Waals surface area contributed by atoms with Gasteiger partial charge in [0.15, 0.2) is 0 Å². The van der Waals surface area contributed by atoms with Crippen LogP contribution in [-0.2, 0) is 6.54 Å². The first-order chi connectivity index (χ1) is 10.1. The summed E-state index contributed by atoms with van der Waals surface area (Å²) in [7, 11) is 0. The van der Waals surface area contributed by atoms with Gasteiger partial charge < -0.3 is 10.1 Å². The first kappa shape index (κ1) is 14.5. The zero-order chi connectivity index (χ0) is 14.8. The van der Waals surface area contributed by atoms with Crippen LogP contribution in [-0.4, -0.2) is 6.04 Å². The Kier molecular flexibility index (Phi) is 4.22. The predicted molar refractivity (Wildman–Crippen MR) is 80.4 cm³/mol. The monoisotopic (exact) mass is 353 g/mol. The van der Waals surface area contributed by atoms with Crippen molar-refractivity contribution in [3.05, 3.63) is 58.1 Å². The summed E-state index contributed by atoms with van der Waals surface area (Å²) in [5, 5.41) is 3.40. The van der Waals surface area contributed by atoms with Gasteiger partial charge in [-0.05, 0) is 31.0 Å². The summed E-state index contributed by atoms with van der Waals surface area (Å²) < 4.78 is 33.0. The Balaban J connectivity index is 1.82. The molecule has 0 aromatic heterocycles. The van der Waals surface area contributed by atoms with E-state index in [-0.39, 0.29) is 5.75 Å². The van der Waals surface area contributed by atoms with Gasteiger partial charge in [0.25, 0.3) is 0 Å². The first-order valence-corrected chi connectivity index (χ1v) is 7.55. The average molecular weight is 354 g/mol. The van der Waals surface area contributed by atoms with Crippen molar-refractivity contribution in [2.24, 2.45) is 0 Å². The summed E-state index contributed by atoms with van der Waals surface area (Å²) in [6, 6.07) is 9.31. The largest absolute Gasteiger partial charge is 0.457 e. The molecule has 0 bridgehead atoms. The standard InChI is InChI=1S/C16H14BrF2NO/c17-11-1-4-16(10(5-11)9-20-14-2-3-14)21-15-7-12(18)6-13(19)8-15/h1,4-8,14,20H,2-3,9H2. The van der Waals surface area contributed by atoms with Crippen molar-refractivity contribution >= 4 is 15.9 Å². The highest BCUT2D eigenvalue weighted by atomic mass is 79.9. The lowest BCUT2D eigenvalue weighted by molar-refractivity contribution is 0.460. The van der Waals surface area contributed by atoms with Crippen molar-refractivity contribution in [3.8, 4) is 11.5 Å². The molecule has 0 radical (unpaired) electrons. The molecule has 21 heavy (non-hydrogen) atoms. The quantitative estimate of drug-likeness (QED) is 0.835. The topological polar surface area (TPSA) is 21.3 Å². The third-order valence-electron chi connectivity index (χ3n) is 3.24. The maximum absolute atomic E-state index is 13.2. The Morgan fingerprint density at radius 1 is 1.10 bits per heavy atom. The second-order valence-electron chi connectivity index (χ2n) is 5.11. The van der Waals surface area contributed by atoms with Crippen molar-refractivity contribution in [2.45, 2.75) is 25.4 Å². The molecular weight excluding hydrogens is 340 g/mol. The first-order valence-electron chi connectivity index (χ1n) is 6.76. The lowest BCUT2D eigenvalue weighted by Gasteiger charge is -2.12. The smallest absolute Gasteiger partial charge is 0.133 e. The Morgan fingerprint density at radius 2 is 1.81 bits per heavy atom. The van der Waals surface area contributed by atoms with Crippen LogP contribution in [0.2, 0.25) is 0 Å². The summed E-state index contributed by atoms with van der Waals surface area (Å²) in [5.41, 5.74) is 0.945. The molecule has 3 rings (SSSR count). The zero-order valence-corrected chi connectivity index (χ0v) is 12.8. The molecule has 2 aromatic rings. The molecule has 110 valence electrons. The second-order valence-corrected chi connectivity index (χ2v) is 6.03. The van der Waals surface area contributed by atoms with Crippen LogP contribution < -0.4 is 10.1 Å². The number of benzene rings is 2. The molecule has 1 N–H and O–H groups in total. The van der Waals surface area contributed by atoms with E-state index < -0.39 is 11.6 Å². The van der Waals surface area contributed by atoms with E-state index in [1.54, 1.807) is 6.07 Å². The van der Waals surface area contributed by atoms with Gasteiger partial charge in [0.05, 0.1) is 0 Å². The van der Waals surface area contributed by atoms with Crippen molar-refractivity contribution in [3.63, 3.8) is 0 Å². The zero-order valence-electron chi connectivity index (χ0n) is 11.2. The number of ether oxygens (including phenoxy) is 1. The number of nitrogens with one attached hydrogen (secondary N) is 1. The maximum Gasteiger partial charge on any atom is 0.133 e. The molecule has 0 atom stereocenters. The van der Waals surface area contributed by atoms with Gasteiger partial charge in [-0.15, -0.1) is 0 Å². The molecule has 1 saturated carbocycles. The van der Waals surface area contributed by atoms with Gasteiger partial charge in [-0.25, -0.2) is 8.78 Å². The highest BCUT2D eigenvalue weighted by Crippen LogP contribution is 2.30. The number of halogens is 3. The fourth-order valence-corrected chi connectivity index (χ4v) is 2.45. The average Bonchev–Trinajstić information content (AvgIpc) is 3.22. The fourth-order valence-electron chi connectivity index (χ4n) is 2.04. The van der Waals surface area contributed by atoms with E-state index in [0.717, 1.165) is 16.1 Å². The molecule has 0 aliphatic heterocycles. The SMILES string of the molecule is Fc1cc(F)cc(Oc2ccc(Br)cc2CNC2CC2)c1. The van der Waals surface area contributed by atoms with E-state index in [0.29, 0.717) is 18.3 Å². The van der Waals surface area contributed by atoms with Crippen LogP contribution in [0.3, 0.4) is 0 Å². The van der Waals surface area contributed by atoms with Gasteiger partial charge in [0.2, 0.25) is 0 Å². The van der Waals surface area contributed by atoms with E-state index in [1.807, 2.05) is 12.1 Å². The molecule has 1 aliphatic carbocycles. The van der Waals surface area contributed by atoms with Crippen LogP contribution in [0.25, 0.3) is 0 Å². The van der Waals surface area contributed by atoms with E-state index in [1.165, 1.54) is 25.0 Å². The molecule has 0 heterocycles. The normalized spacial score (nSPS) is 14.2. The van der Waals surface area contributed by atoms with Crippen molar-refractivity contribution in [1.82, 2.24) is 5.32 Å². The van der Waals surface area contributed by atoms with Crippen molar-refractivity contribution in [1.29, 1.82) is 0 Å². The van der Waals surface area contributed by atoms with Gasteiger partial charge in [-0.3, -0.25) is 0 Å². The highest BCUT2D eigenvalue weighted by molar-refractivity contribution is 9.10. The summed E-state index contributed by atoms with van der Waals surface area (Å²) in [4.78, 5) is 0. The minimum atomic E-state index is -0.653. The summed E-state index contributed by atoms with van der Waals surface area (Å²) >= 11 is 3.42. The van der Waals surface area contributed by atoms with E-state index in [4.69, 9.17) is 4.74 Å². The molecule has 1 aliphatic rings. The lowest BCUT2D eigenvalue weighted by atomic mass is 10.2. The van der Waals surface area contributed by atoms with Crippen LogP contribution >= 0.6 is 15.9 Å². The van der Waals surface area contributed by atoms with Crippen molar-refractivity contribution < 1.29 is 13.5 Å².